The normalized spacial score (nSPS) is 12.1. The fourth-order valence-corrected chi connectivity index (χ4v) is 4.60. The Balaban J connectivity index is 0.000000775. The van der Waals surface area contributed by atoms with Crippen LogP contribution in [0.3, 0.4) is 0 Å². The van der Waals surface area contributed by atoms with Gasteiger partial charge in [0.2, 0.25) is 0 Å². The number of anilines is 3. The molecule has 0 bridgehead atoms. The Morgan fingerprint density at radius 3 is 2.78 bits per heavy atom. The molecule has 0 unspecified atom stereocenters. The van der Waals surface area contributed by atoms with Crippen molar-refractivity contribution in [3.8, 4) is 10.6 Å². The summed E-state index contributed by atoms with van der Waals surface area (Å²) >= 11 is 1.83. The minimum atomic E-state index is 0.746. The monoisotopic (exact) mass is 443 g/mol. The van der Waals surface area contributed by atoms with E-state index in [9.17, 15) is 0 Å². The highest BCUT2D eigenvalue weighted by Gasteiger charge is 2.15. The molecule has 0 radical (unpaired) electrons. The van der Waals surface area contributed by atoms with Crippen molar-refractivity contribution in [1.82, 2.24) is 14.4 Å². The number of fused-ring (bicyclic) bond motifs is 2. The highest BCUT2D eigenvalue weighted by Crippen LogP contribution is 2.35. The van der Waals surface area contributed by atoms with E-state index < -0.39 is 0 Å². The maximum atomic E-state index is 4.68. The molecule has 0 amide bonds. The van der Waals surface area contributed by atoms with Crippen molar-refractivity contribution in [2.45, 2.75) is 26.7 Å². The van der Waals surface area contributed by atoms with Crippen molar-refractivity contribution >= 4 is 40.3 Å². The molecule has 0 saturated heterocycles. The van der Waals surface area contributed by atoms with Crippen LogP contribution in [0.2, 0.25) is 0 Å². The first-order chi connectivity index (χ1) is 15.6. The van der Waals surface area contributed by atoms with Gasteiger partial charge in [-0.25, -0.2) is 9.97 Å². The van der Waals surface area contributed by atoms with Gasteiger partial charge in [0.25, 0.3) is 0 Å². The summed E-state index contributed by atoms with van der Waals surface area (Å²) in [4.78, 5) is 13.9. The Hall–Kier alpha value is -3.38. The van der Waals surface area contributed by atoms with E-state index in [0.717, 1.165) is 35.0 Å². The molecular formula is C26H29N5S. The Morgan fingerprint density at radius 2 is 1.97 bits per heavy atom. The van der Waals surface area contributed by atoms with E-state index in [1.165, 1.54) is 21.7 Å². The van der Waals surface area contributed by atoms with Crippen LogP contribution in [0.15, 0.2) is 67.2 Å². The molecule has 32 heavy (non-hydrogen) atoms. The highest BCUT2D eigenvalue weighted by molar-refractivity contribution is 7.15. The molecule has 3 heterocycles. The van der Waals surface area contributed by atoms with E-state index in [1.54, 1.807) is 0 Å². The van der Waals surface area contributed by atoms with Crippen LogP contribution in [0.25, 0.3) is 22.3 Å². The molecule has 1 aromatic carbocycles. The second-order valence-electron chi connectivity index (χ2n) is 7.87. The molecule has 6 heteroatoms. The Kier molecular flexibility index (Phi) is 6.71. The van der Waals surface area contributed by atoms with E-state index in [2.05, 4.69) is 80.9 Å². The summed E-state index contributed by atoms with van der Waals surface area (Å²) in [6.07, 6.45) is 16.5. The number of hydrogen-bond acceptors (Lipinski definition) is 5. The number of imidazole rings is 1. The first-order valence-corrected chi connectivity index (χ1v) is 11.7. The lowest BCUT2D eigenvalue weighted by Crippen LogP contribution is -2.08. The number of benzene rings is 1. The molecule has 0 saturated carbocycles. The summed E-state index contributed by atoms with van der Waals surface area (Å²) in [5.41, 5.74) is 5.31. The Labute approximate surface area is 193 Å². The van der Waals surface area contributed by atoms with Crippen molar-refractivity contribution in [2.24, 2.45) is 0 Å². The summed E-state index contributed by atoms with van der Waals surface area (Å²) < 4.78 is 2.11. The maximum Gasteiger partial charge on any atom is 0.180 e. The van der Waals surface area contributed by atoms with Gasteiger partial charge in [0, 0.05) is 49.2 Å². The molecule has 5 rings (SSSR count). The summed E-state index contributed by atoms with van der Waals surface area (Å²) in [5.74, 6) is 0.746. The van der Waals surface area contributed by atoms with Gasteiger partial charge in [0.1, 0.15) is 0 Å². The highest BCUT2D eigenvalue weighted by atomic mass is 32.1. The molecule has 1 N–H and O–H groups in total. The van der Waals surface area contributed by atoms with Crippen LogP contribution in [0.1, 0.15) is 30.7 Å². The van der Waals surface area contributed by atoms with Crippen LogP contribution < -0.4 is 10.2 Å². The number of nitrogens with one attached hydrogen (secondary N) is 1. The number of thiophene rings is 1. The minimum Gasteiger partial charge on any atom is -0.378 e. The van der Waals surface area contributed by atoms with Gasteiger partial charge in [-0.2, -0.15) is 0 Å². The first-order valence-electron chi connectivity index (χ1n) is 10.9. The van der Waals surface area contributed by atoms with E-state index in [1.807, 2.05) is 56.2 Å². The van der Waals surface area contributed by atoms with Gasteiger partial charge >= 0.3 is 0 Å². The minimum absolute atomic E-state index is 0.746. The summed E-state index contributed by atoms with van der Waals surface area (Å²) in [6.45, 7) is 4.25. The summed E-state index contributed by atoms with van der Waals surface area (Å²) in [6, 6.07) is 10.5. The fraction of sp³-hybridized carbons (Fsp3) is 0.231. The Morgan fingerprint density at radius 1 is 1.12 bits per heavy atom. The van der Waals surface area contributed by atoms with E-state index in [4.69, 9.17) is 0 Å². The third-order valence-electron chi connectivity index (χ3n) is 4.97. The van der Waals surface area contributed by atoms with Crippen molar-refractivity contribution in [3.05, 3.63) is 77.6 Å². The predicted molar refractivity (Wildman–Crippen MR) is 138 cm³/mol. The number of hydrogen-bond donors (Lipinski definition) is 1. The van der Waals surface area contributed by atoms with Gasteiger partial charge in [0.15, 0.2) is 11.5 Å². The van der Waals surface area contributed by atoms with Crippen molar-refractivity contribution in [3.63, 3.8) is 0 Å². The van der Waals surface area contributed by atoms with Crippen LogP contribution in [0, 0.1) is 0 Å². The van der Waals surface area contributed by atoms with Crippen LogP contribution in [-0.2, 0) is 6.42 Å². The number of rotatable bonds is 4. The quantitative estimate of drug-likeness (QED) is 0.376. The number of allylic oxidation sites excluding steroid dienone is 3. The molecular weight excluding hydrogens is 414 g/mol. The van der Waals surface area contributed by atoms with Gasteiger partial charge in [0.05, 0.1) is 16.8 Å². The Bertz CT molecular complexity index is 1260. The summed E-state index contributed by atoms with van der Waals surface area (Å²) in [7, 11) is 4.07. The molecule has 164 valence electrons. The van der Waals surface area contributed by atoms with Gasteiger partial charge < -0.3 is 10.2 Å². The van der Waals surface area contributed by atoms with E-state index >= 15 is 0 Å². The molecule has 4 aromatic rings. The zero-order valence-electron chi connectivity index (χ0n) is 19.0. The van der Waals surface area contributed by atoms with Gasteiger partial charge in [-0.1, -0.05) is 50.6 Å². The fourth-order valence-electron chi connectivity index (χ4n) is 3.47. The van der Waals surface area contributed by atoms with Crippen molar-refractivity contribution in [1.29, 1.82) is 0 Å². The zero-order chi connectivity index (χ0) is 22.5. The maximum absolute atomic E-state index is 4.68. The molecule has 0 atom stereocenters. The first kappa shape index (κ1) is 21.8. The molecule has 3 aromatic heterocycles. The average molecular weight is 444 g/mol. The van der Waals surface area contributed by atoms with E-state index in [0.29, 0.717) is 0 Å². The number of nitrogens with zero attached hydrogens (tertiary/aromatic N) is 4. The van der Waals surface area contributed by atoms with Gasteiger partial charge in [-0.05, 0) is 29.8 Å². The van der Waals surface area contributed by atoms with Gasteiger partial charge in [-0.3, -0.25) is 4.40 Å². The summed E-state index contributed by atoms with van der Waals surface area (Å²) in [5, 5.41) is 3.43. The van der Waals surface area contributed by atoms with Crippen LogP contribution in [0.4, 0.5) is 17.2 Å². The second-order valence-corrected chi connectivity index (χ2v) is 9.01. The standard InChI is InChI=1S/C23H21N5S.C3H8/c1-27(2)18-9-6-8-17(14-18)26-22-23-25-15-19(28(23)12-11-24-22)21-13-16-7-4-3-5-10-20(16)29-21;1-3-2/h3-9,11-15H,10H2,1-2H3,(H,24,26);3H2,1-2H3. The van der Waals surface area contributed by atoms with Crippen LogP contribution in [-0.4, -0.2) is 28.5 Å². The van der Waals surface area contributed by atoms with E-state index in [-0.39, 0.29) is 0 Å². The lowest BCUT2D eigenvalue weighted by Gasteiger charge is -2.14. The SMILES string of the molecule is CCC.CN(C)c1cccc(Nc2nccn3c(-c4cc5c(s4)CC=CC=C5)cnc23)c1. The van der Waals surface area contributed by atoms with Crippen molar-refractivity contribution < 1.29 is 0 Å². The zero-order valence-corrected chi connectivity index (χ0v) is 19.9. The van der Waals surface area contributed by atoms with Crippen molar-refractivity contribution in [2.75, 3.05) is 24.3 Å². The lowest BCUT2D eigenvalue weighted by molar-refractivity contribution is 1.09. The molecule has 5 nitrogen and oxygen atoms in total. The third-order valence-corrected chi connectivity index (χ3v) is 6.17. The lowest BCUT2D eigenvalue weighted by atomic mass is 10.2. The predicted octanol–water partition coefficient (Wildman–Crippen LogP) is 6.81. The molecule has 1 aliphatic carbocycles. The average Bonchev–Trinajstić information content (AvgIpc) is 3.33. The largest absolute Gasteiger partial charge is 0.378 e. The second kappa shape index (κ2) is 9.83. The van der Waals surface area contributed by atoms with Crippen LogP contribution in [0.5, 0.6) is 0 Å². The smallest absolute Gasteiger partial charge is 0.180 e. The molecule has 0 aliphatic heterocycles. The molecule has 0 spiro atoms. The molecule has 1 aliphatic rings. The third kappa shape index (κ3) is 4.60. The van der Waals surface area contributed by atoms with Crippen LogP contribution >= 0.6 is 11.3 Å². The molecule has 0 fully saturated rings. The number of aromatic nitrogens is 3. The topological polar surface area (TPSA) is 45.5 Å². The van der Waals surface area contributed by atoms with Gasteiger partial charge in [-0.15, -0.1) is 11.3 Å².